The van der Waals surface area contributed by atoms with Crippen LogP contribution in [-0.4, -0.2) is 20.6 Å². The van der Waals surface area contributed by atoms with Crippen molar-refractivity contribution in [3.8, 4) is 16.9 Å². The summed E-state index contributed by atoms with van der Waals surface area (Å²) in [6.45, 7) is 1.92. The van der Waals surface area contributed by atoms with Crippen molar-refractivity contribution in [3.05, 3.63) is 106 Å². The molecule has 0 aliphatic carbocycles. The van der Waals surface area contributed by atoms with Crippen LogP contribution in [0.25, 0.3) is 16.9 Å². The summed E-state index contributed by atoms with van der Waals surface area (Å²) in [6.07, 6.45) is 1.60. The number of nitro benzene ring substituents is 1. The number of rotatable bonds is 5. The van der Waals surface area contributed by atoms with E-state index in [1.54, 1.807) is 10.9 Å². The summed E-state index contributed by atoms with van der Waals surface area (Å²) in [6, 6.07) is 20.1. The van der Waals surface area contributed by atoms with Gasteiger partial charge in [-0.1, -0.05) is 42.5 Å². The molecular formula is C23H17FN4O3. The topological polar surface area (TPSA) is 90.1 Å². The van der Waals surface area contributed by atoms with Crippen LogP contribution >= 0.6 is 0 Å². The summed E-state index contributed by atoms with van der Waals surface area (Å²) in [5.74, 6) is -1.48. The Hall–Kier alpha value is -4.33. The second kappa shape index (κ2) is 8.19. The van der Waals surface area contributed by atoms with Crippen molar-refractivity contribution in [1.29, 1.82) is 0 Å². The predicted octanol–water partition coefficient (Wildman–Crippen LogP) is 5.15. The largest absolute Gasteiger partial charge is 0.322 e. The first-order chi connectivity index (χ1) is 14.9. The fourth-order valence-electron chi connectivity index (χ4n) is 3.22. The van der Waals surface area contributed by atoms with Gasteiger partial charge >= 0.3 is 5.69 Å². The molecule has 0 saturated heterocycles. The minimum absolute atomic E-state index is 0.112. The van der Waals surface area contributed by atoms with Gasteiger partial charge < -0.3 is 5.32 Å². The zero-order chi connectivity index (χ0) is 22.0. The molecule has 0 bridgehead atoms. The van der Waals surface area contributed by atoms with Gasteiger partial charge in [-0.2, -0.15) is 9.49 Å². The number of hydrogen-bond donors (Lipinski definition) is 1. The number of benzene rings is 3. The Balaban J connectivity index is 1.77. The number of amides is 1. The molecule has 0 fully saturated rings. The van der Waals surface area contributed by atoms with Gasteiger partial charge in [-0.3, -0.25) is 14.9 Å². The predicted molar refractivity (Wildman–Crippen MR) is 115 cm³/mol. The summed E-state index contributed by atoms with van der Waals surface area (Å²) < 4.78 is 15.2. The number of aryl methyl sites for hydroxylation is 1. The highest BCUT2D eigenvalue weighted by atomic mass is 19.1. The van der Waals surface area contributed by atoms with E-state index in [1.807, 2.05) is 61.5 Å². The molecule has 0 aliphatic heterocycles. The van der Waals surface area contributed by atoms with E-state index in [0.717, 1.165) is 28.9 Å². The summed E-state index contributed by atoms with van der Waals surface area (Å²) >= 11 is 0. The number of hydrogen-bond acceptors (Lipinski definition) is 4. The van der Waals surface area contributed by atoms with Crippen molar-refractivity contribution in [2.75, 3.05) is 5.32 Å². The first-order valence-corrected chi connectivity index (χ1v) is 9.40. The summed E-state index contributed by atoms with van der Waals surface area (Å²) in [5, 5.41) is 18.2. The molecule has 0 spiro atoms. The highest BCUT2D eigenvalue weighted by molar-refractivity contribution is 6.08. The maximum atomic E-state index is 13.6. The third kappa shape index (κ3) is 4.04. The molecule has 0 atom stereocenters. The van der Waals surface area contributed by atoms with E-state index in [4.69, 9.17) is 0 Å². The van der Waals surface area contributed by atoms with Crippen molar-refractivity contribution >= 4 is 17.3 Å². The molecule has 0 radical (unpaired) electrons. The standard InChI is InChI=1S/C23H17FN4O3/c1-15-7-5-6-10-18(15)22-19(14-27(26-22)17-8-3-2-4-9-17)23(29)25-16-11-12-20(24)21(13-16)28(30)31/h2-14H,1H3,(H,25,29). The smallest absolute Gasteiger partial charge is 0.306 e. The van der Waals surface area contributed by atoms with Crippen LogP contribution in [0, 0.1) is 22.9 Å². The van der Waals surface area contributed by atoms with Crippen LogP contribution in [0.1, 0.15) is 15.9 Å². The van der Waals surface area contributed by atoms with Gasteiger partial charge in [0.15, 0.2) is 0 Å². The Morgan fingerprint density at radius 1 is 1.06 bits per heavy atom. The van der Waals surface area contributed by atoms with Crippen LogP contribution in [0.15, 0.2) is 79.0 Å². The zero-order valence-electron chi connectivity index (χ0n) is 16.4. The van der Waals surface area contributed by atoms with Gasteiger partial charge in [0, 0.05) is 23.5 Å². The molecular weight excluding hydrogens is 399 g/mol. The lowest BCUT2D eigenvalue weighted by Crippen LogP contribution is -2.13. The van der Waals surface area contributed by atoms with Crippen molar-refractivity contribution < 1.29 is 14.1 Å². The Bertz CT molecular complexity index is 1290. The second-order valence-corrected chi connectivity index (χ2v) is 6.86. The van der Waals surface area contributed by atoms with Gasteiger partial charge in [0.25, 0.3) is 5.91 Å². The Labute approximate surface area is 176 Å². The number of carbonyl (C=O) groups is 1. The number of anilines is 1. The average molecular weight is 416 g/mol. The Morgan fingerprint density at radius 3 is 2.48 bits per heavy atom. The first-order valence-electron chi connectivity index (χ1n) is 9.40. The van der Waals surface area contributed by atoms with Crippen LogP contribution in [0.5, 0.6) is 0 Å². The molecule has 4 rings (SSSR count). The third-order valence-electron chi connectivity index (χ3n) is 4.78. The molecule has 0 aliphatic rings. The van der Waals surface area contributed by atoms with E-state index in [1.165, 1.54) is 6.07 Å². The first kappa shape index (κ1) is 20.0. The minimum Gasteiger partial charge on any atom is -0.322 e. The summed E-state index contributed by atoms with van der Waals surface area (Å²) in [4.78, 5) is 23.3. The Kier molecular flexibility index (Phi) is 5.28. The molecule has 31 heavy (non-hydrogen) atoms. The third-order valence-corrected chi connectivity index (χ3v) is 4.78. The van der Waals surface area contributed by atoms with Crippen LogP contribution < -0.4 is 5.32 Å². The number of nitrogens with one attached hydrogen (secondary N) is 1. The van der Waals surface area contributed by atoms with Crippen molar-refractivity contribution in [2.45, 2.75) is 6.92 Å². The normalized spacial score (nSPS) is 10.6. The number of nitrogens with zero attached hydrogens (tertiary/aromatic N) is 3. The number of aromatic nitrogens is 2. The van der Waals surface area contributed by atoms with Crippen molar-refractivity contribution in [2.24, 2.45) is 0 Å². The second-order valence-electron chi connectivity index (χ2n) is 6.86. The highest BCUT2D eigenvalue weighted by Crippen LogP contribution is 2.28. The van der Waals surface area contributed by atoms with Crippen LogP contribution in [0.3, 0.4) is 0 Å². The molecule has 1 amide bonds. The Morgan fingerprint density at radius 2 is 1.77 bits per heavy atom. The maximum absolute atomic E-state index is 13.6. The summed E-state index contributed by atoms with van der Waals surface area (Å²) in [7, 11) is 0. The van der Waals surface area contributed by atoms with Gasteiger partial charge in [-0.15, -0.1) is 0 Å². The molecule has 4 aromatic rings. The monoisotopic (exact) mass is 416 g/mol. The molecule has 1 heterocycles. The van der Waals surface area contributed by atoms with E-state index in [0.29, 0.717) is 5.69 Å². The molecule has 7 nitrogen and oxygen atoms in total. The molecule has 0 unspecified atom stereocenters. The molecule has 8 heteroatoms. The van der Waals surface area contributed by atoms with E-state index >= 15 is 0 Å². The van der Waals surface area contributed by atoms with Gasteiger partial charge in [0.05, 0.1) is 16.2 Å². The fraction of sp³-hybridized carbons (Fsp3) is 0.0435. The van der Waals surface area contributed by atoms with E-state index in [-0.39, 0.29) is 11.3 Å². The van der Waals surface area contributed by atoms with Crippen LogP contribution in [-0.2, 0) is 0 Å². The summed E-state index contributed by atoms with van der Waals surface area (Å²) in [5.41, 5.74) is 2.65. The van der Waals surface area contributed by atoms with Crippen molar-refractivity contribution in [1.82, 2.24) is 9.78 Å². The SMILES string of the molecule is Cc1ccccc1-c1nn(-c2ccccc2)cc1C(=O)Nc1ccc(F)c([N+](=O)[O-])c1. The number of carbonyl (C=O) groups excluding carboxylic acids is 1. The molecule has 3 aromatic carbocycles. The lowest BCUT2D eigenvalue weighted by molar-refractivity contribution is -0.387. The van der Waals surface area contributed by atoms with E-state index in [9.17, 15) is 19.3 Å². The highest BCUT2D eigenvalue weighted by Gasteiger charge is 2.21. The number of nitro groups is 1. The van der Waals surface area contributed by atoms with E-state index in [2.05, 4.69) is 10.4 Å². The average Bonchev–Trinajstić information content (AvgIpc) is 3.21. The lowest BCUT2D eigenvalue weighted by atomic mass is 10.0. The van der Waals surface area contributed by atoms with Gasteiger partial charge in [-0.25, -0.2) is 4.68 Å². The molecule has 1 N–H and O–H groups in total. The van der Waals surface area contributed by atoms with Gasteiger partial charge in [0.1, 0.15) is 5.69 Å². The maximum Gasteiger partial charge on any atom is 0.306 e. The molecule has 154 valence electrons. The zero-order valence-corrected chi connectivity index (χ0v) is 16.4. The van der Waals surface area contributed by atoms with Gasteiger partial charge in [-0.05, 0) is 36.8 Å². The van der Waals surface area contributed by atoms with E-state index < -0.39 is 22.3 Å². The van der Waals surface area contributed by atoms with Crippen LogP contribution in [0.2, 0.25) is 0 Å². The van der Waals surface area contributed by atoms with Crippen molar-refractivity contribution in [3.63, 3.8) is 0 Å². The molecule has 1 aromatic heterocycles. The van der Waals surface area contributed by atoms with Gasteiger partial charge in [0.2, 0.25) is 5.82 Å². The number of halogens is 1. The minimum atomic E-state index is -0.972. The van der Waals surface area contributed by atoms with Crippen LogP contribution in [0.4, 0.5) is 15.8 Å². The fourth-order valence-corrected chi connectivity index (χ4v) is 3.22. The molecule has 0 saturated carbocycles. The quantitative estimate of drug-likeness (QED) is 0.360. The number of para-hydroxylation sites is 1. The lowest BCUT2D eigenvalue weighted by Gasteiger charge is -2.07.